The number of amides is 1. The Labute approximate surface area is 165 Å². The van der Waals surface area contributed by atoms with Crippen molar-refractivity contribution in [2.75, 3.05) is 16.8 Å². The lowest BCUT2D eigenvalue weighted by atomic mass is 10.2. The van der Waals surface area contributed by atoms with Gasteiger partial charge in [-0.3, -0.25) is 9.59 Å². The monoisotopic (exact) mass is 397 g/mol. The van der Waals surface area contributed by atoms with Crippen molar-refractivity contribution in [3.05, 3.63) is 70.6 Å². The van der Waals surface area contributed by atoms with Crippen LogP contribution in [0.3, 0.4) is 0 Å². The molecule has 5 nitrogen and oxygen atoms in total. The van der Waals surface area contributed by atoms with Crippen LogP contribution in [0.15, 0.2) is 59.5 Å². The highest BCUT2D eigenvalue weighted by atomic mass is 32.2. The summed E-state index contributed by atoms with van der Waals surface area (Å²) in [6, 6.07) is 15.2. The van der Waals surface area contributed by atoms with Gasteiger partial charge in [-0.2, -0.15) is 5.10 Å². The van der Waals surface area contributed by atoms with Gasteiger partial charge >= 0.3 is 0 Å². The summed E-state index contributed by atoms with van der Waals surface area (Å²) < 4.78 is 1.62. The Morgan fingerprint density at radius 1 is 1.15 bits per heavy atom. The molecule has 138 valence electrons. The summed E-state index contributed by atoms with van der Waals surface area (Å²) in [4.78, 5) is 24.9. The molecule has 7 heteroatoms. The van der Waals surface area contributed by atoms with E-state index in [0.717, 1.165) is 11.1 Å². The Kier molecular flexibility index (Phi) is 5.50. The second kappa shape index (κ2) is 8.19. The summed E-state index contributed by atoms with van der Waals surface area (Å²) >= 11 is 3.89. The maximum absolute atomic E-state index is 12.5. The van der Waals surface area contributed by atoms with Gasteiger partial charge in [0.1, 0.15) is 6.54 Å². The van der Waals surface area contributed by atoms with Crippen LogP contribution in [-0.2, 0) is 11.3 Å². The topological polar surface area (TPSA) is 64.0 Å². The van der Waals surface area contributed by atoms with Crippen molar-refractivity contribution in [3.8, 4) is 0 Å². The summed E-state index contributed by atoms with van der Waals surface area (Å²) in [6.45, 7) is -0.110. The lowest BCUT2D eigenvalue weighted by Crippen LogP contribution is -2.29. The lowest BCUT2D eigenvalue weighted by Gasteiger charge is -2.21. The van der Waals surface area contributed by atoms with Crippen LogP contribution < -0.4 is 10.9 Å². The molecule has 1 fully saturated rings. The second-order valence-electron chi connectivity index (χ2n) is 6.30. The minimum absolute atomic E-state index is 0.110. The zero-order valence-corrected chi connectivity index (χ0v) is 16.3. The fraction of sp³-hybridized carbons (Fsp3) is 0.250. The molecule has 0 saturated carbocycles. The van der Waals surface area contributed by atoms with Crippen LogP contribution in [0.5, 0.6) is 0 Å². The smallest absolute Gasteiger partial charge is 0.275 e. The normalized spacial score (nSPS) is 15.0. The predicted molar refractivity (Wildman–Crippen MR) is 113 cm³/mol. The third-order valence-corrected chi connectivity index (χ3v) is 7.34. The van der Waals surface area contributed by atoms with Crippen molar-refractivity contribution in [2.45, 2.75) is 17.5 Å². The van der Waals surface area contributed by atoms with E-state index < -0.39 is 0 Å². The number of nitrogens with zero attached hydrogens (tertiary/aromatic N) is 2. The standard InChI is InChI=1S/C20H19N3O2S2/c24-18(13-23-19(25)17-8-2-1-5-15(17)12-21-23)22-16-7-3-6-14(11-16)20-26-9-4-10-27-20/h1-3,5-8,11-12,20H,4,9-10,13H2,(H,22,24). The first-order valence-electron chi connectivity index (χ1n) is 8.78. The van der Waals surface area contributed by atoms with Gasteiger partial charge in [0.25, 0.3) is 5.56 Å². The number of aromatic nitrogens is 2. The van der Waals surface area contributed by atoms with E-state index in [-0.39, 0.29) is 18.0 Å². The van der Waals surface area contributed by atoms with Crippen LogP contribution in [0, 0.1) is 0 Å². The molecule has 1 N–H and O–H groups in total. The molecule has 0 bridgehead atoms. The number of carbonyl (C=O) groups is 1. The van der Waals surface area contributed by atoms with Crippen molar-refractivity contribution in [1.82, 2.24) is 9.78 Å². The van der Waals surface area contributed by atoms with E-state index in [1.165, 1.54) is 28.2 Å². The fourth-order valence-corrected chi connectivity index (χ4v) is 5.89. The summed E-state index contributed by atoms with van der Waals surface area (Å²) in [5.41, 5.74) is 1.70. The predicted octanol–water partition coefficient (Wildman–Crippen LogP) is 3.90. The molecule has 0 atom stereocenters. The highest BCUT2D eigenvalue weighted by Crippen LogP contribution is 2.44. The van der Waals surface area contributed by atoms with Crippen LogP contribution in [0.2, 0.25) is 0 Å². The molecule has 0 radical (unpaired) electrons. The van der Waals surface area contributed by atoms with Gasteiger partial charge in [-0.1, -0.05) is 30.3 Å². The molecule has 1 aromatic heterocycles. The molecule has 0 spiro atoms. The lowest BCUT2D eigenvalue weighted by molar-refractivity contribution is -0.117. The third-order valence-electron chi connectivity index (χ3n) is 4.32. The van der Waals surface area contributed by atoms with Gasteiger partial charge in [0.05, 0.1) is 16.2 Å². The van der Waals surface area contributed by atoms with Crippen molar-refractivity contribution in [3.63, 3.8) is 0 Å². The number of thioether (sulfide) groups is 2. The number of carbonyl (C=O) groups excluding carboxylic acids is 1. The Morgan fingerprint density at radius 2 is 1.96 bits per heavy atom. The SMILES string of the molecule is O=C(Cn1ncc2ccccc2c1=O)Nc1cccc(C2SCCCS2)c1. The van der Waals surface area contributed by atoms with Crippen molar-refractivity contribution >= 4 is 45.9 Å². The van der Waals surface area contributed by atoms with E-state index in [1.807, 2.05) is 53.9 Å². The minimum atomic E-state index is -0.263. The van der Waals surface area contributed by atoms with Crippen LogP contribution in [0.25, 0.3) is 10.8 Å². The number of nitrogens with one attached hydrogen (secondary N) is 1. The summed E-state index contributed by atoms with van der Waals surface area (Å²) in [5, 5.41) is 8.34. The van der Waals surface area contributed by atoms with Gasteiger partial charge in [-0.15, -0.1) is 23.5 Å². The van der Waals surface area contributed by atoms with Crippen molar-refractivity contribution in [2.24, 2.45) is 0 Å². The fourth-order valence-electron chi connectivity index (χ4n) is 3.02. The maximum atomic E-state index is 12.5. The Hall–Kier alpha value is -2.25. The summed E-state index contributed by atoms with van der Waals surface area (Å²) in [6.07, 6.45) is 2.86. The van der Waals surface area contributed by atoms with Gasteiger partial charge < -0.3 is 5.32 Å². The first kappa shape index (κ1) is 18.1. The number of fused-ring (bicyclic) bond motifs is 1. The van der Waals surface area contributed by atoms with Crippen LogP contribution in [0.1, 0.15) is 16.6 Å². The van der Waals surface area contributed by atoms with Gasteiger partial charge in [0.2, 0.25) is 5.91 Å². The first-order valence-corrected chi connectivity index (χ1v) is 10.9. The van der Waals surface area contributed by atoms with Gasteiger partial charge in [-0.05, 0) is 41.7 Å². The van der Waals surface area contributed by atoms with Crippen molar-refractivity contribution < 1.29 is 4.79 Å². The van der Waals surface area contributed by atoms with Gasteiger partial charge in [0.15, 0.2) is 0 Å². The van der Waals surface area contributed by atoms with E-state index in [2.05, 4.69) is 16.5 Å². The molecule has 1 saturated heterocycles. The molecule has 1 aliphatic heterocycles. The molecule has 2 aromatic carbocycles. The highest BCUT2D eigenvalue weighted by molar-refractivity contribution is 8.16. The second-order valence-corrected chi connectivity index (χ2v) is 9.02. The molecule has 2 heterocycles. The zero-order chi connectivity index (χ0) is 18.6. The quantitative estimate of drug-likeness (QED) is 0.723. The molecule has 1 amide bonds. The van der Waals surface area contributed by atoms with Crippen molar-refractivity contribution in [1.29, 1.82) is 0 Å². The number of hydrogen-bond acceptors (Lipinski definition) is 5. The highest BCUT2D eigenvalue weighted by Gasteiger charge is 2.17. The van der Waals surface area contributed by atoms with E-state index in [1.54, 1.807) is 18.3 Å². The molecule has 4 rings (SSSR count). The van der Waals surface area contributed by atoms with E-state index >= 15 is 0 Å². The average molecular weight is 398 g/mol. The van der Waals surface area contributed by atoms with Gasteiger partial charge in [-0.25, -0.2) is 4.68 Å². The maximum Gasteiger partial charge on any atom is 0.275 e. The van der Waals surface area contributed by atoms with Gasteiger partial charge in [0, 0.05) is 11.1 Å². The Morgan fingerprint density at radius 3 is 2.81 bits per heavy atom. The van der Waals surface area contributed by atoms with E-state index in [4.69, 9.17) is 0 Å². The summed E-state index contributed by atoms with van der Waals surface area (Å²) in [7, 11) is 0. The first-order chi connectivity index (χ1) is 13.2. The molecule has 0 aliphatic carbocycles. The molecule has 3 aromatic rings. The number of benzene rings is 2. The van der Waals surface area contributed by atoms with Crippen LogP contribution >= 0.6 is 23.5 Å². The molecular formula is C20H19N3O2S2. The zero-order valence-electron chi connectivity index (χ0n) is 14.6. The van der Waals surface area contributed by atoms with E-state index in [0.29, 0.717) is 9.97 Å². The van der Waals surface area contributed by atoms with E-state index in [9.17, 15) is 9.59 Å². The summed E-state index contributed by atoms with van der Waals surface area (Å²) in [5.74, 6) is 2.08. The third kappa shape index (κ3) is 4.20. The minimum Gasteiger partial charge on any atom is -0.324 e. The molecule has 27 heavy (non-hydrogen) atoms. The number of rotatable bonds is 4. The van der Waals surface area contributed by atoms with Crippen LogP contribution in [-0.4, -0.2) is 27.2 Å². The molecular weight excluding hydrogens is 378 g/mol. The number of anilines is 1. The largest absolute Gasteiger partial charge is 0.324 e. The Balaban J connectivity index is 1.48. The van der Waals surface area contributed by atoms with Crippen LogP contribution in [0.4, 0.5) is 5.69 Å². The number of hydrogen-bond donors (Lipinski definition) is 1. The Bertz CT molecular complexity index is 1030. The molecule has 1 aliphatic rings. The molecule has 0 unspecified atom stereocenters. The average Bonchev–Trinajstić information content (AvgIpc) is 2.71.